The number of nitrogens with one attached hydrogen (secondary N) is 2. The number of rotatable bonds is 6. The van der Waals surface area contributed by atoms with Gasteiger partial charge in [-0.05, 0) is 25.7 Å². The lowest BCUT2D eigenvalue weighted by Crippen LogP contribution is -3.11. The summed E-state index contributed by atoms with van der Waals surface area (Å²) in [5.74, 6) is 0.186. The van der Waals surface area contributed by atoms with Crippen molar-refractivity contribution in [3.63, 3.8) is 0 Å². The number of hydrogen-bond acceptors (Lipinski definition) is 2. The first kappa shape index (κ1) is 16.0. The van der Waals surface area contributed by atoms with Gasteiger partial charge in [-0.25, -0.2) is 0 Å². The van der Waals surface area contributed by atoms with E-state index in [1.54, 1.807) is 0 Å². The quantitative estimate of drug-likeness (QED) is 0.785. The van der Waals surface area contributed by atoms with Gasteiger partial charge in [-0.3, -0.25) is 9.59 Å². The molecule has 1 saturated heterocycles. The van der Waals surface area contributed by atoms with Crippen LogP contribution >= 0.6 is 0 Å². The van der Waals surface area contributed by atoms with Crippen LogP contribution in [-0.2, 0) is 9.59 Å². The van der Waals surface area contributed by atoms with E-state index in [1.807, 2.05) is 42.3 Å². The van der Waals surface area contributed by atoms with Crippen molar-refractivity contribution in [1.29, 1.82) is 0 Å². The van der Waals surface area contributed by atoms with Gasteiger partial charge in [-0.15, -0.1) is 0 Å². The summed E-state index contributed by atoms with van der Waals surface area (Å²) < 4.78 is 0. The maximum Gasteiger partial charge on any atom is 0.285 e. The Morgan fingerprint density at radius 3 is 2.48 bits per heavy atom. The molecule has 2 fully saturated rings. The fourth-order valence-electron chi connectivity index (χ4n) is 3.27. The molecule has 1 saturated carbocycles. The van der Waals surface area contributed by atoms with E-state index in [4.69, 9.17) is 0 Å². The average molecular weight is 316 g/mol. The Kier molecular flexibility index (Phi) is 4.96. The van der Waals surface area contributed by atoms with Crippen molar-refractivity contribution in [3.05, 3.63) is 35.9 Å². The predicted molar refractivity (Wildman–Crippen MR) is 87.9 cm³/mol. The molecule has 1 aromatic rings. The molecule has 1 aliphatic heterocycles. The Balaban J connectivity index is 1.73. The minimum absolute atomic E-state index is 0.0418. The minimum atomic E-state index is -0.306. The lowest BCUT2D eigenvalue weighted by molar-refractivity contribution is -0.894. The van der Waals surface area contributed by atoms with Gasteiger partial charge in [0.2, 0.25) is 0 Å². The summed E-state index contributed by atoms with van der Waals surface area (Å²) in [6.45, 7) is 2.00. The second-order valence-electron chi connectivity index (χ2n) is 6.74. The summed E-state index contributed by atoms with van der Waals surface area (Å²) >= 11 is 0. The average Bonchev–Trinajstić information content (AvgIpc) is 3.17. The molecule has 0 bridgehead atoms. The van der Waals surface area contributed by atoms with E-state index < -0.39 is 0 Å². The van der Waals surface area contributed by atoms with E-state index >= 15 is 0 Å². The normalized spacial score (nSPS) is 20.1. The molecule has 2 N–H and O–H groups in total. The van der Waals surface area contributed by atoms with E-state index in [1.165, 1.54) is 0 Å². The zero-order chi connectivity index (χ0) is 16.2. The molecule has 1 heterocycles. The minimum Gasteiger partial charge on any atom is -0.348 e. The highest BCUT2D eigenvalue weighted by molar-refractivity contribution is 5.83. The zero-order valence-corrected chi connectivity index (χ0v) is 13.8. The van der Waals surface area contributed by atoms with Gasteiger partial charge < -0.3 is 15.1 Å². The smallest absolute Gasteiger partial charge is 0.285 e. The van der Waals surface area contributed by atoms with Gasteiger partial charge in [-0.1, -0.05) is 30.3 Å². The van der Waals surface area contributed by atoms with Crippen LogP contribution in [0.1, 0.15) is 37.3 Å². The maximum absolute atomic E-state index is 13.0. The molecular formula is C18H26N3O2+. The van der Waals surface area contributed by atoms with Crippen molar-refractivity contribution < 1.29 is 14.5 Å². The predicted octanol–water partition coefficient (Wildman–Crippen LogP) is 0.143. The largest absolute Gasteiger partial charge is 0.348 e. The van der Waals surface area contributed by atoms with Gasteiger partial charge >= 0.3 is 0 Å². The van der Waals surface area contributed by atoms with Crippen molar-refractivity contribution in [3.8, 4) is 0 Å². The Labute approximate surface area is 137 Å². The van der Waals surface area contributed by atoms with Gasteiger partial charge in [0, 0.05) is 24.7 Å². The molecular weight excluding hydrogens is 290 g/mol. The first-order chi connectivity index (χ1) is 11.1. The van der Waals surface area contributed by atoms with Crippen LogP contribution < -0.4 is 10.2 Å². The van der Waals surface area contributed by atoms with Gasteiger partial charge in [-0.2, -0.15) is 0 Å². The zero-order valence-electron chi connectivity index (χ0n) is 13.8. The molecule has 0 spiro atoms. The van der Waals surface area contributed by atoms with E-state index in [9.17, 15) is 9.59 Å². The number of benzene rings is 1. The van der Waals surface area contributed by atoms with Crippen LogP contribution in [0.25, 0.3) is 0 Å². The van der Waals surface area contributed by atoms with Crippen molar-refractivity contribution in [2.75, 3.05) is 26.7 Å². The summed E-state index contributed by atoms with van der Waals surface area (Å²) in [5.41, 5.74) is 0.987. The van der Waals surface area contributed by atoms with Crippen LogP contribution in [0.2, 0.25) is 0 Å². The van der Waals surface area contributed by atoms with Crippen molar-refractivity contribution in [1.82, 2.24) is 10.2 Å². The topological polar surface area (TPSA) is 53.9 Å². The van der Waals surface area contributed by atoms with E-state index in [-0.39, 0.29) is 17.9 Å². The number of likely N-dealkylation sites (N-methyl/N-ethyl adjacent to an activating group) is 1. The molecule has 0 aromatic heterocycles. The fourth-order valence-corrected chi connectivity index (χ4v) is 3.27. The third kappa shape index (κ3) is 4.10. The van der Waals surface area contributed by atoms with Crippen LogP contribution in [-0.4, -0.2) is 49.4 Å². The highest BCUT2D eigenvalue weighted by atomic mass is 16.2. The second-order valence-corrected chi connectivity index (χ2v) is 6.74. The van der Waals surface area contributed by atoms with Crippen LogP contribution in [0, 0.1) is 0 Å². The third-order valence-corrected chi connectivity index (χ3v) is 4.67. The van der Waals surface area contributed by atoms with E-state index in [0.717, 1.165) is 49.2 Å². The molecule has 124 valence electrons. The molecule has 5 nitrogen and oxygen atoms in total. The number of amides is 2. The number of carbonyl (C=O) groups excluding carboxylic acids is 2. The molecule has 0 radical (unpaired) electrons. The Hall–Kier alpha value is -1.88. The molecule has 3 rings (SSSR count). The summed E-state index contributed by atoms with van der Waals surface area (Å²) in [6.07, 6.45) is 4.32. The Bertz CT molecular complexity index is 551. The summed E-state index contributed by atoms with van der Waals surface area (Å²) in [7, 11) is 1.94. The highest BCUT2D eigenvalue weighted by Gasteiger charge is 2.35. The first-order valence-corrected chi connectivity index (χ1v) is 8.60. The number of quaternary nitrogens is 1. The molecule has 1 aromatic carbocycles. The van der Waals surface area contributed by atoms with Crippen LogP contribution in [0.4, 0.5) is 0 Å². The second kappa shape index (κ2) is 7.13. The lowest BCUT2D eigenvalue weighted by Gasteiger charge is -2.28. The number of carbonyl (C=O) groups is 2. The maximum atomic E-state index is 13.0. The molecule has 1 unspecified atom stereocenters. The Morgan fingerprint density at radius 1 is 1.22 bits per heavy atom. The first-order valence-electron chi connectivity index (χ1n) is 8.60. The number of nitrogens with zero attached hydrogens (tertiary/aromatic N) is 1. The number of hydrogen-bond donors (Lipinski definition) is 2. The van der Waals surface area contributed by atoms with Crippen molar-refractivity contribution in [2.45, 2.75) is 37.8 Å². The Morgan fingerprint density at radius 2 is 1.87 bits per heavy atom. The van der Waals surface area contributed by atoms with Gasteiger partial charge in [0.1, 0.15) is 0 Å². The summed E-state index contributed by atoms with van der Waals surface area (Å²) in [5, 5.41) is 3.01. The summed E-state index contributed by atoms with van der Waals surface area (Å²) in [4.78, 5) is 28.0. The lowest BCUT2D eigenvalue weighted by atomic mass is 10.0. The standard InChI is InChI=1S/C18H25N3O2/c1-20(13-16(22)19-15-9-10-15)17(14-7-3-2-4-8-14)18(23)21-11-5-6-12-21/h2-4,7-8,15,17H,5-6,9-13H2,1H3,(H,19,22)/p+1/t17-/m0/s1. The van der Waals surface area contributed by atoms with Crippen molar-refractivity contribution in [2.24, 2.45) is 0 Å². The third-order valence-electron chi connectivity index (χ3n) is 4.67. The van der Waals surface area contributed by atoms with E-state index in [0.29, 0.717) is 12.6 Å². The van der Waals surface area contributed by atoms with Gasteiger partial charge in [0.05, 0.1) is 7.05 Å². The summed E-state index contributed by atoms with van der Waals surface area (Å²) in [6, 6.07) is 9.89. The van der Waals surface area contributed by atoms with Crippen LogP contribution in [0.5, 0.6) is 0 Å². The van der Waals surface area contributed by atoms with Crippen LogP contribution in [0.3, 0.4) is 0 Å². The molecule has 1 aliphatic carbocycles. The monoisotopic (exact) mass is 316 g/mol. The SMILES string of the molecule is C[NH+](CC(=O)NC1CC1)[C@H](C(=O)N1CCCC1)c1ccccc1. The number of likely N-dealkylation sites (tertiary alicyclic amines) is 1. The molecule has 2 atom stereocenters. The van der Waals surface area contributed by atoms with Gasteiger partial charge in [0.15, 0.2) is 12.6 Å². The van der Waals surface area contributed by atoms with Crippen LogP contribution in [0.15, 0.2) is 30.3 Å². The van der Waals surface area contributed by atoms with Gasteiger partial charge in [0.25, 0.3) is 11.8 Å². The highest BCUT2D eigenvalue weighted by Crippen LogP contribution is 2.18. The fraction of sp³-hybridized carbons (Fsp3) is 0.556. The molecule has 23 heavy (non-hydrogen) atoms. The van der Waals surface area contributed by atoms with E-state index in [2.05, 4.69) is 5.32 Å². The van der Waals surface area contributed by atoms with Crippen molar-refractivity contribution >= 4 is 11.8 Å². The molecule has 2 amide bonds. The molecule has 2 aliphatic rings. The molecule has 5 heteroatoms.